The summed E-state index contributed by atoms with van der Waals surface area (Å²) in [4.78, 5) is 6.38. The van der Waals surface area contributed by atoms with Crippen LogP contribution in [0.15, 0.2) is 0 Å². The minimum Gasteiger partial charge on any atom is -0.372 e. The molecule has 0 aliphatic heterocycles. The van der Waals surface area contributed by atoms with Crippen LogP contribution in [-0.4, -0.2) is 16.0 Å². The van der Waals surface area contributed by atoms with E-state index in [1.54, 1.807) is 11.3 Å². The molecule has 0 aromatic carbocycles. The molecule has 1 aromatic heterocycles. The third-order valence-corrected chi connectivity index (χ3v) is 3.17. The molecule has 1 N–H and O–H groups in total. The fourth-order valence-corrected chi connectivity index (χ4v) is 2.12. The fraction of sp³-hybridized carbons (Fsp3) is 0.556. The van der Waals surface area contributed by atoms with Gasteiger partial charge in [0.25, 0.3) is 0 Å². The number of nitrogens with one attached hydrogen (secondary N) is 1. The molecule has 1 aromatic rings. The van der Waals surface area contributed by atoms with E-state index in [4.69, 9.17) is 12.2 Å². The summed E-state index contributed by atoms with van der Waals surface area (Å²) in [5, 5.41) is 4.11. The first-order valence-corrected chi connectivity index (χ1v) is 5.48. The quantitative estimate of drug-likeness (QED) is 0.765. The van der Waals surface area contributed by atoms with Crippen LogP contribution < -0.4 is 5.32 Å². The monoisotopic (exact) mass is 214 g/mol. The van der Waals surface area contributed by atoms with Gasteiger partial charge in [0.15, 0.2) is 5.01 Å². The highest BCUT2D eigenvalue weighted by Gasteiger charge is 2.08. The molecule has 0 radical (unpaired) electrons. The molecule has 0 saturated heterocycles. The maximum atomic E-state index is 5.21. The normalized spacial score (nSPS) is 10.5. The molecule has 0 amide bonds. The smallest absolute Gasteiger partial charge is 0.151 e. The molecule has 0 bridgehead atoms. The van der Waals surface area contributed by atoms with Gasteiger partial charge < -0.3 is 5.32 Å². The summed E-state index contributed by atoms with van der Waals surface area (Å²) in [6.45, 7) is 8.21. The van der Waals surface area contributed by atoms with Crippen molar-refractivity contribution in [2.24, 2.45) is 0 Å². The highest BCUT2D eigenvalue weighted by Crippen LogP contribution is 2.16. The van der Waals surface area contributed by atoms with E-state index in [2.05, 4.69) is 31.1 Å². The lowest BCUT2D eigenvalue weighted by atomic mass is 10.4. The van der Waals surface area contributed by atoms with Gasteiger partial charge in [0, 0.05) is 10.9 Å². The van der Waals surface area contributed by atoms with Crippen molar-refractivity contribution in [3.8, 4) is 0 Å². The van der Waals surface area contributed by atoms with Crippen molar-refractivity contribution in [1.82, 2.24) is 10.3 Å². The lowest BCUT2D eigenvalue weighted by Crippen LogP contribution is -2.29. The average molecular weight is 214 g/mol. The maximum absolute atomic E-state index is 5.21. The van der Waals surface area contributed by atoms with Crippen LogP contribution in [0.5, 0.6) is 0 Å². The van der Waals surface area contributed by atoms with Crippen molar-refractivity contribution < 1.29 is 0 Å². The Bertz CT molecular complexity index is 296. The van der Waals surface area contributed by atoms with Gasteiger partial charge in [0.1, 0.15) is 4.99 Å². The van der Waals surface area contributed by atoms with Gasteiger partial charge >= 0.3 is 0 Å². The second-order valence-electron chi connectivity index (χ2n) is 3.29. The molecule has 4 heteroatoms. The van der Waals surface area contributed by atoms with Crippen molar-refractivity contribution in [1.29, 1.82) is 0 Å². The lowest BCUT2D eigenvalue weighted by molar-refractivity contribution is 0.740. The van der Waals surface area contributed by atoms with Crippen LogP contribution in [0, 0.1) is 13.8 Å². The zero-order valence-corrected chi connectivity index (χ0v) is 9.97. The van der Waals surface area contributed by atoms with Crippen molar-refractivity contribution in [2.75, 3.05) is 0 Å². The highest BCUT2D eigenvalue weighted by molar-refractivity contribution is 7.81. The third kappa shape index (κ3) is 2.74. The van der Waals surface area contributed by atoms with E-state index < -0.39 is 0 Å². The number of hydrogen-bond donors (Lipinski definition) is 1. The number of aromatic nitrogens is 1. The van der Waals surface area contributed by atoms with Crippen LogP contribution in [-0.2, 0) is 0 Å². The molecule has 2 nitrogen and oxygen atoms in total. The van der Waals surface area contributed by atoms with E-state index in [1.807, 2.05) is 6.92 Å². The largest absolute Gasteiger partial charge is 0.372 e. The number of rotatable bonds is 2. The molecule has 0 fully saturated rings. The SMILES string of the molecule is Cc1nc(C(=S)NC(C)C)sc1C. The molecule has 1 heterocycles. The van der Waals surface area contributed by atoms with Crippen molar-refractivity contribution in [3.05, 3.63) is 15.6 Å². The molecular weight excluding hydrogens is 200 g/mol. The Balaban J connectivity index is 2.77. The topological polar surface area (TPSA) is 24.9 Å². The first-order valence-electron chi connectivity index (χ1n) is 4.25. The Morgan fingerprint density at radius 3 is 2.46 bits per heavy atom. The van der Waals surface area contributed by atoms with Crippen LogP contribution in [0.3, 0.4) is 0 Å². The number of thiazole rings is 1. The predicted octanol–water partition coefficient (Wildman–Crippen LogP) is 2.43. The Hall–Kier alpha value is -0.480. The number of aryl methyl sites for hydroxylation is 2. The van der Waals surface area contributed by atoms with Gasteiger partial charge in [-0.15, -0.1) is 11.3 Å². The van der Waals surface area contributed by atoms with Crippen LogP contribution in [0.2, 0.25) is 0 Å². The molecular formula is C9H14N2S2. The fourth-order valence-electron chi connectivity index (χ4n) is 0.894. The van der Waals surface area contributed by atoms with Gasteiger partial charge in [-0.25, -0.2) is 4.98 Å². The number of nitrogens with zero attached hydrogens (tertiary/aromatic N) is 1. The van der Waals surface area contributed by atoms with Crippen molar-refractivity contribution in [3.63, 3.8) is 0 Å². The summed E-state index contributed by atoms with van der Waals surface area (Å²) < 4.78 is 0. The second kappa shape index (κ2) is 4.15. The minimum atomic E-state index is 0.372. The Morgan fingerprint density at radius 2 is 2.08 bits per heavy atom. The van der Waals surface area contributed by atoms with Gasteiger partial charge in [-0.3, -0.25) is 0 Å². The van der Waals surface area contributed by atoms with Crippen molar-refractivity contribution in [2.45, 2.75) is 33.7 Å². The Labute approximate surface area is 88.4 Å². The summed E-state index contributed by atoms with van der Waals surface area (Å²) in [6, 6.07) is 0.372. The van der Waals surface area contributed by atoms with E-state index in [1.165, 1.54) is 4.88 Å². The molecule has 0 spiro atoms. The summed E-state index contributed by atoms with van der Waals surface area (Å²) in [5.41, 5.74) is 1.08. The molecule has 0 unspecified atom stereocenters. The molecule has 1 rings (SSSR count). The van der Waals surface area contributed by atoms with Gasteiger partial charge in [-0.2, -0.15) is 0 Å². The zero-order valence-electron chi connectivity index (χ0n) is 8.34. The Morgan fingerprint density at radius 1 is 1.46 bits per heavy atom. The summed E-state index contributed by atoms with van der Waals surface area (Å²) in [6.07, 6.45) is 0. The predicted molar refractivity (Wildman–Crippen MR) is 61.6 cm³/mol. The van der Waals surface area contributed by atoms with E-state index in [0.29, 0.717) is 6.04 Å². The van der Waals surface area contributed by atoms with E-state index in [9.17, 15) is 0 Å². The number of hydrogen-bond acceptors (Lipinski definition) is 3. The summed E-state index contributed by atoms with van der Waals surface area (Å²) in [5.74, 6) is 0. The summed E-state index contributed by atoms with van der Waals surface area (Å²) in [7, 11) is 0. The molecule has 13 heavy (non-hydrogen) atoms. The van der Waals surface area contributed by atoms with E-state index >= 15 is 0 Å². The van der Waals surface area contributed by atoms with E-state index in [-0.39, 0.29) is 0 Å². The molecule has 0 atom stereocenters. The molecule has 72 valence electrons. The lowest BCUT2D eigenvalue weighted by Gasteiger charge is -2.07. The van der Waals surface area contributed by atoms with Gasteiger partial charge in [0.05, 0.1) is 5.69 Å². The molecule has 0 aliphatic carbocycles. The Kier molecular flexibility index (Phi) is 3.39. The minimum absolute atomic E-state index is 0.372. The number of thiocarbonyl (C=S) groups is 1. The third-order valence-electron chi connectivity index (χ3n) is 1.64. The first kappa shape index (κ1) is 10.6. The molecule has 0 saturated carbocycles. The standard InChI is InChI=1S/C9H14N2S2/c1-5(2)10-8(12)9-11-6(3)7(4)13-9/h5H,1-4H3,(H,10,12). The van der Waals surface area contributed by atoms with Gasteiger partial charge in [-0.1, -0.05) is 12.2 Å². The second-order valence-corrected chi connectivity index (χ2v) is 4.90. The molecule has 0 aliphatic rings. The van der Waals surface area contributed by atoms with Crippen molar-refractivity contribution >= 4 is 28.5 Å². The van der Waals surface area contributed by atoms with Gasteiger partial charge in [0.2, 0.25) is 0 Å². The average Bonchev–Trinajstić information content (AvgIpc) is 2.31. The van der Waals surface area contributed by atoms with Crippen LogP contribution in [0.25, 0.3) is 0 Å². The van der Waals surface area contributed by atoms with E-state index in [0.717, 1.165) is 15.7 Å². The summed E-state index contributed by atoms with van der Waals surface area (Å²) >= 11 is 6.86. The maximum Gasteiger partial charge on any atom is 0.151 e. The van der Waals surface area contributed by atoms with Gasteiger partial charge in [-0.05, 0) is 27.7 Å². The first-order chi connectivity index (χ1) is 6.00. The van der Waals surface area contributed by atoms with Crippen LogP contribution in [0.1, 0.15) is 29.4 Å². The highest BCUT2D eigenvalue weighted by atomic mass is 32.1. The zero-order chi connectivity index (χ0) is 10.0. The van der Waals surface area contributed by atoms with Crippen LogP contribution in [0.4, 0.5) is 0 Å². The van der Waals surface area contributed by atoms with Crippen LogP contribution >= 0.6 is 23.6 Å².